The third kappa shape index (κ3) is 7.96. The van der Waals surface area contributed by atoms with Crippen molar-refractivity contribution in [2.75, 3.05) is 11.9 Å². The van der Waals surface area contributed by atoms with Gasteiger partial charge in [0.1, 0.15) is 18.2 Å². The smallest absolute Gasteiger partial charge is 0.408 e. The number of para-hydroxylation sites is 1. The van der Waals surface area contributed by atoms with E-state index in [9.17, 15) is 14.4 Å². The quantitative estimate of drug-likeness (QED) is 0.409. The van der Waals surface area contributed by atoms with Crippen molar-refractivity contribution in [2.24, 2.45) is 0 Å². The van der Waals surface area contributed by atoms with Gasteiger partial charge in [0.2, 0.25) is 5.91 Å². The molecule has 202 valence electrons. The fourth-order valence-corrected chi connectivity index (χ4v) is 4.33. The van der Waals surface area contributed by atoms with Crippen LogP contribution in [0.5, 0.6) is 0 Å². The molecule has 0 saturated heterocycles. The summed E-state index contributed by atoms with van der Waals surface area (Å²) in [6.45, 7) is 16.4. The maximum atomic E-state index is 14.0. The summed E-state index contributed by atoms with van der Waals surface area (Å²) >= 11 is 6.42. The van der Waals surface area contributed by atoms with Crippen LogP contribution in [-0.4, -0.2) is 40.5 Å². The highest BCUT2D eigenvalue weighted by molar-refractivity contribution is 6.34. The van der Waals surface area contributed by atoms with Crippen LogP contribution in [0.25, 0.3) is 0 Å². The van der Waals surface area contributed by atoms with E-state index >= 15 is 0 Å². The average Bonchev–Trinajstić information content (AvgIpc) is 2.77. The lowest BCUT2D eigenvalue weighted by Gasteiger charge is -2.43. The molecule has 1 atom stereocenters. The summed E-state index contributed by atoms with van der Waals surface area (Å²) in [4.78, 5) is 41.6. The van der Waals surface area contributed by atoms with Crippen molar-refractivity contribution in [2.45, 2.75) is 85.9 Å². The molecular formula is C29H40ClN3O4. The SMILES string of the molecule is CCC(C)(C)N(C(=O)CNC(=O)OC(C)(C)C)C(C(=O)Nc1c(C)cccc1Cl)c1ccc(C)cc1C. The van der Waals surface area contributed by atoms with Crippen LogP contribution in [0, 0.1) is 20.8 Å². The van der Waals surface area contributed by atoms with Crippen LogP contribution in [0.1, 0.15) is 76.3 Å². The topological polar surface area (TPSA) is 87.7 Å². The van der Waals surface area contributed by atoms with Crippen molar-refractivity contribution >= 4 is 35.2 Å². The van der Waals surface area contributed by atoms with Crippen molar-refractivity contribution < 1.29 is 19.1 Å². The second kappa shape index (κ2) is 12.0. The fourth-order valence-electron chi connectivity index (χ4n) is 4.06. The molecule has 0 aliphatic carbocycles. The van der Waals surface area contributed by atoms with Gasteiger partial charge >= 0.3 is 6.09 Å². The molecule has 2 aromatic rings. The summed E-state index contributed by atoms with van der Waals surface area (Å²) in [5.41, 5.74) is 2.49. The first kappa shape index (κ1) is 30.2. The van der Waals surface area contributed by atoms with Crippen molar-refractivity contribution in [1.29, 1.82) is 0 Å². The maximum Gasteiger partial charge on any atom is 0.408 e. The monoisotopic (exact) mass is 529 g/mol. The van der Waals surface area contributed by atoms with Gasteiger partial charge in [0.15, 0.2) is 0 Å². The lowest BCUT2D eigenvalue weighted by atomic mass is 9.90. The number of hydrogen-bond donors (Lipinski definition) is 2. The van der Waals surface area contributed by atoms with Crippen molar-refractivity contribution in [3.05, 3.63) is 63.7 Å². The molecule has 37 heavy (non-hydrogen) atoms. The molecule has 2 N–H and O–H groups in total. The lowest BCUT2D eigenvalue weighted by molar-refractivity contribution is -0.145. The van der Waals surface area contributed by atoms with Crippen LogP contribution in [0.4, 0.5) is 10.5 Å². The molecule has 0 radical (unpaired) electrons. The van der Waals surface area contributed by atoms with Gasteiger partial charge in [-0.25, -0.2) is 4.79 Å². The molecule has 1 unspecified atom stereocenters. The van der Waals surface area contributed by atoms with E-state index in [2.05, 4.69) is 10.6 Å². The van der Waals surface area contributed by atoms with E-state index in [1.54, 1.807) is 31.7 Å². The van der Waals surface area contributed by atoms with Crippen LogP contribution >= 0.6 is 11.6 Å². The molecule has 7 nitrogen and oxygen atoms in total. The van der Waals surface area contributed by atoms with Gasteiger partial charge in [-0.2, -0.15) is 0 Å². The molecular weight excluding hydrogens is 490 g/mol. The number of rotatable bonds is 8. The fraction of sp³-hybridized carbons (Fsp3) is 0.483. The summed E-state index contributed by atoms with van der Waals surface area (Å²) in [7, 11) is 0. The Morgan fingerprint density at radius 1 is 1.00 bits per heavy atom. The standard InChI is InChI=1S/C29H40ClN3O4/c1-10-29(8,9)33(23(34)17-31-27(36)37-28(5,6)7)25(21-15-14-18(2)16-20(21)4)26(35)32-24-19(3)12-11-13-22(24)30/h11-16,25H,10,17H2,1-9H3,(H,31,36)(H,32,35). The number of alkyl carbamates (subject to hydrolysis) is 1. The number of hydrogen-bond acceptors (Lipinski definition) is 4. The summed E-state index contributed by atoms with van der Waals surface area (Å²) in [6, 6.07) is 10.2. The van der Waals surface area contributed by atoms with Crippen molar-refractivity contribution in [3.8, 4) is 0 Å². The highest BCUT2D eigenvalue weighted by Gasteiger charge is 2.41. The zero-order chi connectivity index (χ0) is 28.1. The normalized spacial score (nSPS) is 12.5. The number of halogens is 1. The number of ether oxygens (including phenoxy) is 1. The minimum absolute atomic E-state index is 0.321. The van der Waals surface area contributed by atoms with Crippen LogP contribution in [0.3, 0.4) is 0 Å². The Labute approximate surface area is 225 Å². The Kier molecular flexibility index (Phi) is 9.78. The Morgan fingerprint density at radius 2 is 1.65 bits per heavy atom. The van der Waals surface area contributed by atoms with Gasteiger partial charge in [-0.1, -0.05) is 54.4 Å². The first-order valence-corrected chi connectivity index (χ1v) is 12.9. The van der Waals surface area contributed by atoms with Crippen molar-refractivity contribution in [3.63, 3.8) is 0 Å². The minimum Gasteiger partial charge on any atom is -0.444 e. The first-order chi connectivity index (χ1) is 17.1. The van der Waals surface area contributed by atoms with E-state index in [0.29, 0.717) is 22.7 Å². The summed E-state index contributed by atoms with van der Waals surface area (Å²) in [5.74, 6) is -0.802. The zero-order valence-electron chi connectivity index (χ0n) is 23.4. The van der Waals surface area contributed by atoms with Gasteiger partial charge < -0.3 is 20.3 Å². The Morgan fingerprint density at radius 3 is 2.19 bits per heavy atom. The predicted molar refractivity (Wildman–Crippen MR) is 149 cm³/mol. The van der Waals surface area contributed by atoms with Crippen molar-refractivity contribution in [1.82, 2.24) is 10.2 Å². The molecule has 0 saturated carbocycles. The number of carbonyl (C=O) groups is 3. The van der Waals surface area contributed by atoms with E-state index in [-0.39, 0.29) is 6.54 Å². The molecule has 8 heteroatoms. The summed E-state index contributed by atoms with van der Waals surface area (Å²) < 4.78 is 5.30. The average molecular weight is 530 g/mol. The molecule has 0 heterocycles. The Balaban J connectivity index is 2.57. The highest BCUT2D eigenvalue weighted by Crippen LogP contribution is 2.35. The van der Waals surface area contributed by atoms with Gasteiger partial charge in [0.05, 0.1) is 10.7 Å². The Hall–Kier alpha value is -3.06. The molecule has 0 spiro atoms. The first-order valence-electron chi connectivity index (χ1n) is 12.5. The maximum absolute atomic E-state index is 14.0. The molecule has 0 aliphatic heterocycles. The largest absolute Gasteiger partial charge is 0.444 e. The second-order valence-corrected chi connectivity index (χ2v) is 11.4. The second-order valence-electron chi connectivity index (χ2n) is 11.0. The number of amides is 3. The third-order valence-corrected chi connectivity index (χ3v) is 6.58. The summed E-state index contributed by atoms with van der Waals surface area (Å²) in [6.07, 6.45) is -0.125. The minimum atomic E-state index is -0.973. The predicted octanol–water partition coefficient (Wildman–Crippen LogP) is 6.49. The number of benzene rings is 2. The van der Waals surface area contributed by atoms with Gasteiger partial charge in [0, 0.05) is 5.54 Å². The van der Waals surface area contributed by atoms with Crippen LogP contribution in [-0.2, 0) is 14.3 Å². The Bertz CT molecular complexity index is 1130. The highest BCUT2D eigenvalue weighted by atomic mass is 35.5. The number of nitrogens with zero attached hydrogens (tertiary/aromatic N) is 1. The molecule has 2 aromatic carbocycles. The number of carbonyl (C=O) groups excluding carboxylic acids is 3. The molecule has 0 bridgehead atoms. The van der Waals surface area contributed by atoms with Gasteiger partial charge in [-0.15, -0.1) is 0 Å². The zero-order valence-corrected chi connectivity index (χ0v) is 24.2. The lowest BCUT2D eigenvalue weighted by Crippen LogP contribution is -2.55. The van der Waals surface area contributed by atoms with Crippen LogP contribution in [0.2, 0.25) is 5.02 Å². The number of nitrogens with one attached hydrogen (secondary N) is 2. The molecule has 2 rings (SSSR count). The van der Waals surface area contributed by atoms with Crippen LogP contribution < -0.4 is 10.6 Å². The molecule has 0 aromatic heterocycles. The van der Waals surface area contributed by atoms with E-state index in [1.165, 1.54) is 0 Å². The van der Waals surface area contributed by atoms with Gasteiger partial charge in [-0.05, 0) is 84.6 Å². The van der Waals surface area contributed by atoms with E-state index in [1.807, 2.05) is 71.9 Å². The van der Waals surface area contributed by atoms with E-state index < -0.39 is 35.1 Å². The van der Waals surface area contributed by atoms with E-state index in [0.717, 1.165) is 16.7 Å². The molecule has 0 fully saturated rings. The van der Waals surface area contributed by atoms with E-state index in [4.69, 9.17) is 16.3 Å². The number of anilines is 1. The third-order valence-electron chi connectivity index (χ3n) is 6.27. The van der Waals surface area contributed by atoms with Crippen LogP contribution in [0.15, 0.2) is 36.4 Å². The number of aryl methyl sites for hydroxylation is 3. The summed E-state index contributed by atoms with van der Waals surface area (Å²) in [5, 5.41) is 5.93. The van der Waals surface area contributed by atoms with Gasteiger partial charge in [0.25, 0.3) is 5.91 Å². The molecule has 3 amide bonds. The van der Waals surface area contributed by atoms with Gasteiger partial charge in [-0.3, -0.25) is 9.59 Å². The molecule has 0 aliphatic rings.